The van der Waals surface area contributed by atoms with Crippen molar-refractivity contribution in [2.75, 3.05) is 7.11 Å². The van der Waals surface area contributed by atoms with Crippen molar-refractivity contribution in [1.29, 1.82) is 0 Å². The Morgan fingerprint density at radius 1 is 1.28 bits per heavy atom. The largest absolute Gasteiger partial charge is 0.504 e. The Hall–Kier alpha value is -1.22. The monoisotopic (exact) mass is 247 g/mol. The number of benzene rings is 1. The normalized spacial score (nSPS) is 19.2. The minimum atomic E-state index is 0.276. The number of methoxy groups -OCH3 is 1. The summed E-state index contributed by atoms with van der Waals surface area (Å²) in [6.07, 6.45) is 5.49. The fourth-order valence-corrected chi connectivity index (χ4v) is 2.73. The summed E-state index contributed by atoms with van der Waals surface area (Å²) in [6, 6.07) is 6.34. The van der Waals surface area contributed by atoms with Gasteiger partial charge in [0, 0.05) is 18.2 Å². The highest BCUT2D eigenvalue weighted by molar-refractivity contribution is 5.45. The summed E-state index contributed by atoms with van der Waals surface area (Å²) < 4.78 is 5.13. The number of hydrogen-bond donors (Lipinski definition) is 2. The molecule has 0 atom stereocenters. The van der Waals surface area contributed by atoms with Crippen molar-refractivity contribution in [3.8, 4) is 11.5 Å². The van der Waals surface area contributed by atoms with Gasteiger partial charge in [-0.3, -0.25) is 0 Å². The highest BCUT2D eigenvalue weighted by Gasteiger charge is 2.41. The van der Waals surface area contributed by atoms with Gasteiger partial charge < -0.3 is 15.2 Å². The third-order valence-corrected chi connectivity index (χ3v) is 4.09. The predicted octanol–water partition coefficient (Wildman–Crippen LogP) is 2.68. The fourth-order valence-electron chi connectivity index (χ4n) is 2.73. The van der Waals surface area contributed by atoms with E-state index in [1.807, 2.05) is 12.1 Å². The molecule has 0 unspecified atom stereocenters. The van der Waals surface area contributed by atoms with E-state index in [9.17, 15) is 5.11 Å². The lowest BCUT2D eigenvalue weighted by Gasteiger charge is -2.18. The Morgan fingerprint density at radius 2 is 1.94 bits per heavy atom. The molecule has 0 amide bonds. The van der Waals surface area contributed by atoms with Gasteiger partial charge in [0.2, 0.25) is 0 Å². The van der Waals surface area contributed by atoms with Crippen LogP contribution < -0.4 is 10.1 Å². The standard InChI is InChI=1S/C15H21NO2/c1-18-13-4-2-3-12(15(13)17)9-16-14(10-5-6-10)11-7-8-11/h2-4,10-11,14,16-17H,5-9H2,1H3. The van der Waals surface area contributed by atoms with E-state index in [1.54, 1.807) is 13.2 Å². The summed E-state index contributed by atoms with van der Waals surface area (Å²) in [6.45, 7) is 0.737. The summed E-state index contributed by atoms with van der Waals surface area (Å²) in [5.41, 5.74) is 0.931. The van der Waals surface area contributed by atoms with E-state index >= 15 is 0 Å². The van der Waals surface area contributed by atoms with Crippen LogP contribution in [0.4, 0.5) is 0 Å². The van der Waals surface area contributed by atoms with Gasteiger partial charge in [0.05, 0.1) is 7.11 Å². The zero-order valence-corrected chi connectivity index (χ0v) is 10.9. The van der Waals surface area contributed by atoms with Gasteiger partial charge in [-0.1, -0.05) is 12.1 Å². The lowest BCUT2D eigenvalue weighted by molar-refractivity contribution is 0.365. The number of aromatic hydroxyl groups is 1. The maximum atomic E-state index is 10.0. The number of phenolic OH excluding ortho intramolecular Hbond substituents is 1. The van der Waals surface area contributed by atoms with Crippen molar-refractivity contribution in [2.45, 2.75) is 38.3 Å². The second kappa shape index (κ2) is 4.81. The average Bonchev–Trinajstić information content (AvgIpc) is 3.25. The topological polar surface area (TPSA) is 41.5 Å². The van der Waals surface area contributed by atoms with Gasteiger partial charge in [-0.2, -0.15) is 0 Å². The molecule has 3 nitrogen and oxygen atoms in total. The van der Waals surface area contributed by atoms with Crippen molar-refractivity contribution >= 4 is 0 Å². The Bertz CT molecular complexity index is 413. The van der Waals surface area contributed by atoms with Crippen LogP contribution in [0.25, 0.3) is 0 Å². The first-order chi connectivity index (χ1) is 8.79. The van der Waals surface area contributed by atoms with Crippen LogP contribution in [0.1, 0.15) is 31.2 Å². The first kappa shape index (κ1) is 11.8. The maximum absolute atomic E-state index is 10.0. The van der Waals surface area contributed by atoms with Crippen molar-refractivity contribution in [1.82, 2.24) is 5.32 Å². The minimum absolute atomic E-state index is 0.276. The summed E-state index contributed by atoms with van der Waals surface area (Å²) in [5.74, 6) is 2.59. The van der Waals surface area contributed by atoms with Crippen LogP contribution in [-0.4, -0.2) is 18.3 Å². The van der Waals surface area contributed by atoms with Crippen LogP contribution >= 0.6 is 0 Å². The summed E-state index contributed by atoms with van der Waals surface area (Å²) >= 11 is 0. The van der Waals surface area contributed by atoms with Gasteiger partial charge in [-0.25, -0.2) is 0 Å². The minimum Gasteiger partial charge on any atom is -0.504 e. The van der Waals surface area contributed by atoms with Crippen molar-refractivity contribution < 1.29 is 9.84 Å². The van der Waals surface area contributed by atoms with Crippen molar-refractivity contribution in [3.63, 3.8) is 0 Å². The molecule has 98 valence electrons. The molecule has 2 N–H and O–H groups in total. The number of phenols is 1. The molecule has 18 heavy (non-hydrogen) atoms. The highest BCUT2D eigenvalue weighted by atomic mass is 16.5. The van der Waals surface area contributed by atoms with Gasteiger partial charge in [0.25, 0.3) is 0 Å². The zero-order valence-electron chi connectivity index (χ0n) is 10.9. The number of ether oxygens (including phenoxy) is 1. The van der Waals surface area contributed by atoms with Gasteiger partial charge in [0.15, 0.2) is 11.5 Å². The Morgan fingerprint density at radius 3 is 2.50 bits per heavy atom. The first-order valence-corrected chi connectivity index (χ1v) is 6.88. The highest BCUT2D eigenvalue weighted by Crippen LogP contribution is 2.44. The second-order valence-corrected chi connectivity index (χ2v) is 5.55. The Kier molecular flexibility index (Phi) is 3.16. The summed E-state index contributed by atoms with van der Waals surface area (Å²) in [4.78, 5) is 0. The van der Waals surface area contributed by atoms with Crippen LogP contribution in [0, 0.1) is 11.8 Å². The molecule has 0 radical (unpaired) electrons. The number of para-hydroxylation sites is 1. The van der Waals surface area contributed by atoms with Gasteiger partial charge in [-0.15, -0.1) is 0 Å². The molecule has 0 aromatic heterocycles. The molecular formula is C15H21NO2. The van der Waals surface area contributed by atoms with Gasteiger partial charge >= 0.3 is 0 Å². The molecule has 3 rings (SSSR count). The van der Waals surface area contributed by atoms with Crippen LogP contribution in [0.15, 0.2) is 18.2 Å². The van der Waals surface area contributed by atoms with E-state index in [0.29, 0.717) is 11.8 Å². The fraction of sp³-hybridized carbons (Fsp3) is 0.600. The summed E-state index contributed by atoms with van der Waals surface area (Å²) in [5, 5.41) is 13.7. The van der Waals surface area contributed by atoms with E-state index in [0.717, 1.165) is 23.9 Å². The average molecular weight is 247 g/mol. The molecule has 0 saturated heterocycles. The third kappa shape index (κ3) is 2.46. The van der Waals surface area contributed by atoms with Crippen molar-refractivity contribution in [3.05, 3.63) is 23.8 Å². The molecule has 0 heterocycles. The molecule has 1 aromatic rings. The quantitative estimate of drug-likeness (QED) is 0.812. The van der Waals surface area contributed by atoms with Gasteiger partial charge in [-0.05, 0) is 43.6 Å². The molecule has 2 fully saturated rings. The maximum Gasteiger partial charge on any atom is 0.162 e. The molecule has 1 aromatic carbocycles. The molecule has 2 saturated carbocycles. The molecular weight excluding hydrogens is 226 g/mol. The van der Waals surface area contributed by atoms with E-state index in [-0.39, 0.29) is 5.75 Å². The van der Waals surface area contributed by atoms with E-state index in [4.69, 9.17) is 4.74 Å². The lowest BCUT2D eigenvalue weighted by Crippen LogP contribution is -2.32. The Balaban J connectivity index is 1.65. The molecule has 3 heteroatoms. The molecule has 0 spiro atoms. The number of rotatable bonds is 6. The zero-order chi connectivity index (χ0) is 12.5. The predicted molar refractivity (Wildman–Crippen MR) is 70.7 cm³/mol. The molecule has 2 aliphatic rings. The smallest absolute Gasteiger partial charge is 0.162 e. The van der Waals surface area contributed by atoms with E-state index in [2.05, 4.69) is 5.32 Å². The van der Waals surface area contributed by atoms with Crippen LogP contribution in [0.2, 0.25) is 0 Å². The van der Waals surface area contributed by atoms with Crippen LogP contribution in [0.5, 0.6) is 11.5 Å². The van der Waals surface area contributed by atoms with Gasteiger partial charge in [0.1, 0.15) is 0 Å². The molecule has 0 bridgehead atoms. The summed E-state index contributed by atoms with van der Waals surface area (Å²) in [7, 11) is 1.59. The van der Waals surface area contributed by atoms with Crippen LogP contribution in [-0.2, 0) is 6.54 Å². The SMILES string of the molecule is COc1cccc(CNC(C2CC2)C2CC2)c1O. The van der Waals surface area contributed by atoms with Crippen LogP contribution in [0.3, 0.4) is 0 Å². The van der Waals surface area contributed by atoms with Crippen molar-refractivity contribution in [2.24, 2.45) is 11.8 Å². The molecule has 0 aliphatic heterocycles. The number of hydrogen-bond acceptors (Lipinski definition) is 3. The lowest BCUT2D eigenvalue weighted by atomic mass is 10.1. The number of nitrogens with one attached hydrogen (secondary N) is 1. The Labute approximate surface area is 108 Å². The van der Waals surface area contributed by atoms with E-state index < -0.39 is 0 Å². The second-order valence-electron chi connectivity index (χ2n) is 5.55. The molecule has 2 aliphatic carbocycles. The third-order valence-electron chi connectivity index (χ3n) is 4.09. The first-order valence-electron chi connectivity index (χ1n) is 6.88. The van der Waals surface area contributed by atoms with E-state index in [1.165, 1.54) is 25.7 Å².